The number of benzene rings is 1. The van der Waals surface area contributed by atoms with Gasteiger partial charge in [-0.1, -0.05) is 0 Å². The maximum absolute atomic E-state index is 13.9. The van der Waals surface area contributed by atoms with E-state index in [0.717, 1.165) is 57.1 Å². The lowest BCUT2D eigenvalue weighted by Crippen LogP contribution is -2.60. The minimum Gasteiger partial charge on any atom is -0.355 e. The number of carbonyl (C=O) groups is 2. The molecule has 3 fully saturated rings. The molecule has 0 aliphatic carbocycles. The molecule has 4 heterocycles. The van der Waals surface area contributed by atoms with Crippen molar-refractivity contribution in [2.45, 2.75) is 38.3 Å². The van der Waals surface area contributed by atoms with Gasteiger partial charge in [0.25, 0.3) is 5.91 Å². The molecule has 32 heavy (non-hydrogen) atoms. The third kappa shape index (κ3) is 3.94. The van der Waals surface area contributed by atoms with Crippen LogP contribution in [0.3, 0.4) is 0 Å². The molecule has 2 bridgehead atoms. The Kier molecular flexibility index (Phi) is 5.53. The number of hydrogen-bond donors (Lipinski definition) is 1. The van der Waals surface area contributed by atoms with E-state index >= 15 is 0 Å². The Hall–Kier alpha value is -3.03. The summed E-state index contributed by atoms with van der Waals surface area (Å²) in [5.74, 6) is 0.114. The van der Waals surface area contributed by atoms with Crippen LogP contribution in [-0.4, -0.2) is 47.4 Å². The first-order valence-corrected chi connectivity index (χ1v) is 11.2. The highest BCUT2D eigenvalue weighted by molar-refractivity contribution is 5.98. The molecule has 0 radical (unpaired) electrons. The van der Waals surface area contributed by atoms with Gasteiger partial charge in [0.05, 0.1) is 5.56 Å². The predicted molar refractivity (Wildman–Crippen MR) is 115 cm³/mol. The Labute approximate surface area is 185 Å². The van der Waals surface area contributed by atoms with Gasteiger partial charge in [0, 0.05) is 50.4 Å². The van der Waals surface area contributed by atoms with Gasteiger partial charge in [-0.25, -0.2) is 13.8 Å². The molecule has 8 heteroatoms. The van der Waals surface area contributed by atoms with E-state index < -0.39 is 11.6 Å². The Morgan fingerprint density at radius 2 is 2.06 bits per heavy atom. The second-order valence-corrected chi connectivity index (χ2v) is 9.07. The van der Waals surface area contributed by atoms with Crippen molar-refractivity contribution < 1.29 is 18.4 Å². The zero-order chi connectivity index (χ0) is 22.2. The number of pyridine rings is 1. The van der Waals surface area contributed by atoms with E-state index in [1.807, 2.05) is 0 Å². The smallest absolute Gasteiger partial charge is 0.255 e. The number of amides is 2. The second kappa shape index (κ2) is 8.48. The largest absolute Gasteiger partial charge is 0.355 e. The van der Waals surface area contributed by atoms with Crippen LogP contribution >= 0.6 is 0 Å². The van der Waals surface area contributed by atoms with Crippen LogP contribution in [0, 0.1) is 23.5 Å². The number of carbonyl (C=O) groups excluding carboxylic acids is 2. The molecule has 6 nitrogen and oxygen atoms in total. The zero-order valence-corrected chi connectivity index (χ0v) is 17.8. The fourth-order valence-corrected chi connectivity index (χ4v) is 5.56. The normalized spacial score (nSPS) is 24.8. The van der Waals surface area contributed by atoms with Crippen LogP contribution in [0.2, 0.25) is 0 Å². The summed E-state index contributed by atoms with van der Waals surface area (Å²) in [6, 6.07) is 6.87. The minimum atomic E-state index is -0.562. The second-order valence-electron chi connectivity index (χ2n) is 9.07. The van der Waals surface area contributed by atoms with Crippen molar-refractivity contribution in [3.05, 3.63) is 59.3 Å². The number of halogens is 2. The van der Waals surface area contributed by atoms with Crippen molar-refractivity contribution in [2.24, 2.45) is 11.8 Å². The first-order chi connectivity index (χ1) is 15.5. The van der Waals surface area contributed by atoms with E-state index in [1.54, 1.807) is 18.3 Å². The highest BCUT2D eigenvalue weighted by Gasteiger charge is 2.44. The van der Waals surface area contributed by atoms with Crippen LogP contribution < -0.4 is 10.2 Å². The highest BCUT2D eigenvalue weighted by Crippen LogP contribution is 2.39. The van der Waals surface area contributed by atoms with E-state index in [0.29, 0.717) is 29.6 Å². The van der Waals surface area contributed by atoms with Gasteiger partial charge in [0.15, 0.2) is 0 Å². The predicted octanol–water partition coefficient (Wildman–Crippen LogP) is 3.13. The zero-order valence-electron chi connectivity index (χ0n) is 17.8. The topological polar surface area (TPSA) is 65.5 Å². The number of fused-ring (bicyclic) bond motifs is 4. The Morgan fingerprint density at radius 1 is 1.19 bits per heavy atom. The van der Waals surface area contributed by atoms with Crippen molar-refractivity contribution in [1.29, 1.82) is 0 Å². The maximum atomic E-state index is 13.9. The van der Waals surface area contributed by atoms with Crippen molar-refractivity contribution >= 4 is 17.6 Å². The van der Waals surface area contributed by atoms with Gasteiger partial charge in [-0.05, 0) is 61.4 Å². The third-order valence-corrected chi connectivity index (χ3v) is 6.96. The van der Waals surface area contributed by atoms with Gasteiger partial charge >= 0.3 is 0 Å². The fraction of sp³-hybridized carbons (Fsp3) is 0.458. The molecule has 2 aromatic rings. The standard InChI is InChI=1S/C24H26F2N4O2/c25-18-6-7-20(26)16(10-18)11-28-24(32)19-3-2-8-27-23(19)29-12-15-9-17(14-29)21-4-1-5-22(31)30(21)13-15/h2-3,6-8,10,15,17,21H,1,4-5,9,11-14H2,(H,28,32)/t15?,17?,21-/m1/s1. The Balaban J connectivity index is 1.33. The average molecular weight is 440 g/mol. The summed E-state index contributed by atoms with van der Waals surface area (Å²) in [5.41, 5.74) is 0.513. The molecule has 168 valence electrons. The molecule has 1 aromatic heterocycles. The summed E-state index contributed by atoms with van der Waals surface area (Å²) in [6.07, 6.45) is 5.38. The van der Waals surface area contributed by atoms with Crippen molar-refractivity contribution in [2.75, 3.05) is 24.5 Å². The summed E-state index contributed by atoms with van der Waals surface area (Å²) in [6.45, 7) is 2.15. The summed E-state index contributed by atoms with van der Waals surface area (Å²) >= 11 is 0. The average Bonchev–Trinajstić information content (AvgIpc) is 2.80. The number of hydrogen-bond acceptors (Lipinski definition) is 4. The lowest BCUT2D eigenvalue weighted by Gasteiger charge is -2.52. The molecule has 2 amide bonds. The van der Waals surface area contributed by atoms with E-state index in [1.165, 1.54) is 0 Å². The minimum absolute atomic E-state index is 0.0957. The van der Waals surface area contributed by atoms with Crippen LogP contribution in [0.5, 0.6) is 0 Å². The summed E-state index contributed by atoms with van der Waals surface area (Å²) in [4.78, 5) is 34.1. The Morgan fingerprint density at radius 3 is 2.94 bits per heavy atom. The molecule has 5 rings (SSSR count). The number of anilines is 1. The molecular formula is C24H26F2N4O2. The van der Waals surface area contributed by atoms with Crippen LogP contribution in [-0.2, 0) is 11.3 Å². The quantitative estimate of drug-likeness (QED) is 0.794. The van der Waals surface area contributed by atoms with Gasteiger partial charge in [-0.2, -0.15) is 0 Å². The van der Waals surface area contributed by atoms with Crippen molar-refractivity contribution in [3.8, 4) is 0 Å². The number of nitrogens with one attached hydrogen (secondary N) is 1. The molecule has 0 spiro atoms. The van der Waals surface area contributed by atoms with Gasteiger partial charge in [0.1, 0.15) is 17.5 Å². The Bertz CT molecular complexity index is 1050. The van der Waals surface area contributed by atoms with E-state index in [2.05, 4.69) is 20.1 Å². The van der Waals surface area contributed by atoms with Gasteiger partial charge in [0.2, 0.25) is 5.91 Å². The molecule has 1 N–H and O–H groups in total. The van der Waals surface area contributed by atoms with Gasteiger partial charge in [-0.3, -0.25) is 9.59 Å². The molecule has 0 saturated carbocycles. The summed E-state index contributed by atoms with van der Waals surface area (Å²) in [5, 5.41) is 2.70. The molecule has 3 aliphatic heterocycles. The van der Waals surface area contributed by atoms with E-state index in [4.69, 9.17) is 0 Å². The first kappa shape index (κ1) is 20.8. The van der Waals surface area contributed by atoms with Crippen LogP contribution in [0.1, 0.15) is 41.6 Å². The fourth-order valence-electron chi connectivity index (χ4n) is 5.56. The molecule has 3 saturated heterocycles. The maximum Gasteiger partial charge on any atom is 0.255 e. The molecule has 2 unspecified atom stereocenters. The van der Waals surface area contributed by atoms with Crippen LogP contribution in [0.25, 0.3) is 0 Å². The molecule has 3 atom stereocenters. The van der Waals surface area contributed by atoms with Crippen molar-refractivity contribution in [1.82, 2.24) is 15.2 Å². The molecule has 1 aromatic carbocycles. The monoisotopic (exact) mass is 440 g/mol. The van der Waals surface area contributed by atoms with Gasteiger partial charge < -0.3 is 15.1 Å². The van der Waals surface area contributed by atoms with Crippen LogP contribution in [0.4, 0.5) is 14.6 Å². The molecular weight excluding hydrogens is 414 g/mol. The number of aromatic nitrogens is 1. The lowest BCUT2D eigenvalue weighted by molar-refractivity contribution is -0.142. The summed E-state index contributed by atoms with van der Waals surface area (Å²) < 4.78 is 27.4. The molecule has 3 aliphatic rings. The van der Waals surface area contributed by atoms with Crippen molar-refractivity contribution in [3.63, 3.8) is 0 Å². The third-order valence-electron chi connectivity index (χ3n) is 6.96. The SMILES string of the molecule is O=C(NCc1cc(F)ccc1F)c1cccnc1N1CC2CC(C1)[C@H]1CCCC(=O)N1C2. The van der Waals surface area contributed by atoms with Gasteiger partial charge in [-0.15, -0.1) is 0 Å². The van der Waals surface area contributed by atoms with E-state index in [-0.39, 0.29) is 30.0 Å². The first-order valence-electron chi connectivity index (χ1n) is 11.2. The van der Waals surface area contributed by atoms with E-state index in [9.17, 15) is 18.4 Å². The van der Waals surface area contributed by atoms with Crippen LogP contribution in [0.15, 0.2) is 36.5 Å². The number of piperidine rings is 3. The highest BCUT2D eigenvalue weighted by atomic mass is 19.1. The summed E-state index contributed by atoms with van der Waals surface area (Å²) in [7, 11) is 0. The number of nitrogens with zero attached hydrogens (tertiary/aromatic N) is 3. The lowest BCUT2D eigenvalue weighted by atomic mass is 9.76. The number of rotatable bonds is 4.